The summed E-state index contributed by atoms with van der Waals surface area (Å²) < 4.78 is 0.379. The van der Waals surface area contributed by atoms with E-state index in [1.807, 2.05) is 11.8 Å². The summed E-state index contributed by atoms with van der Waals surface area (Å²) in [4.78, 5) is 1.34. The van der Waals surface area contributed by atoms with Gasteiger partial charge in [-0.2, -0.15) is 0 Å². The smallest absolute Gasteiger partial charge is 0.0201 e. The maximum Gasteiger partial charge on any atom is 0.0201 e. The third-order valence-corrected chi connectivity index (χ3v) is 4.16. The number of rotatable bonds is 0. The lowest BCUT2D eigenvalue weighted by Gasteiger charge is -2.32. The van der Waals surface area contributed by atoms with Gasteiger partial charge in [-0.1, -0.05) is 20.4 Å². The van der Waals surface area contributed by atoms with Crippen molar-refractivity contribution in [1.82, 2.24) is 0 Å². The van der Waals surface area contributed by atoms with E-state index in [0.29, 0.717) is 10.2 Å². The lowest BCUT2D eigenvalue weighted by Crippen LogP contribution is -2.30. The summed E-state index contributed by atoms with van der Waals surface area (Å²) in [5, 5.41) is 0. The van der Waals surface area contributed by atoms with Crippen molar-refractivity contribution in [1.29, 1.82) is 0 Å². The first kappa shape index (κ1) is 8.19. The Morgan fingerprint density at radius 2 is 1.80 bits per heavy atom. The van der Waals surface area contributed by atoms with Crippen LogP contribution in [-0.2, 0) is 0 Å². The topological polar surface area (TPSA) is 0 Å². The van der Waals surface area contributed by atoms with E-state index in [1.54, 1.807) is 0 Å². The molecule has 58 valence electrons. The van der Waals surface area contributed by atoms with Gasteiger partial charge in [0, 0.05) is 4.75 Å². The largest absolute Gasteiger partial charge is 0.124 e. The fraction of sp³-hybridized carbons (Fsp3) is 0.778. The Morgan fingerprint density at radius 1 is 1.30 bits per heavy atom. The van der Waals surface area contributed by atoms with Gasteiger partial charge >= 0.3 is 0 Å². The van der Waals surface area contributed by atoms with Gasteiger partial charge in [-0.15, -0.1) is 11.8 Å². The Bertz CT molecular complexity index is 148. The average Bonchev–Trinajstić information content (AvgIpc) is 1.73. The molecule has 1 rings (SSSR count). The fourth-order valence-electron chi connectivity index (χ4n) is 1.24. The first-order chi connectivity index (χ1) is 4.35. The molecule has 0 aliphatic carbocycles. The zero-order valence-electron chi connectivity index (χ0n) is 7.32. The summed E-state index contributed by atoms with van der Waals surface area (Å²) in [6.07, 6.45) is 1.17. The summed E-state index contributed by atoms with van der Waals surface area (Å²) in [6.45, 7) is 13.2. The molecule has 0 unspecified atom stereocenters. The molecule has 0 nitrogen and oxygen atoms in total. The average molecular weight is 156 g/mol. The monoisotopic (exact) mass is 156 g/mol. The van der Waals surface area contributed by atoms with Crippen LogP contribution >= 0.6 is 11.8 Å². The minimum Gasteiger partial charge on any atom is -0.124 e. The maximum atomic E-state index is 4.01. The third kappa shape index (κ3) is 1.12. The molecule has 1 aliphatic heterocycles. The molecular weight excluding hydrogens is 140 g/mol. The molecule has 1 fully saturated rings. The van der Waals surface area contributed by atoms with Crippen LogP contribution in [0.3, 0.4) is 0 Å². The molecule has 1 heteroatoms. The normalized spacial score (nSPS) is 29.0. The van der Waals surface area contributed by atoms with Crippen molar-refractivity contribution in [2.45, 2.75) is 38.9 Å². The van der Waals surface area contributed by atoms with E-state index in [-0.39, 0.29) is 0 Å². The second-order valence-corrected chi connectivity index (χ2v) is 6.01. The molecule has 0 aromatic heterocycles. The van der Waals surface area contributed by atoms with Gasteiger partial charge in [0.2, 0.25) is 0 Å². The predicted molar refractivity (Wildman–Crippen MR) is 49.2 cm³/mol. The SMILES string of the molecule is C=C1CC(C)(C)C(C)(C)S1. The summed E-state index contributed by atoms with van der Waals surface area (Å²) in [6, 6.07) is 0. The summed E-state index contributed by atoms with van der Waals surface area (Å²) >= 11 is 1.94. The molecule has 0 atom stereocenters. The van der Waals surface area contributed by atoms with Crippen LogP contribution in [-0.4, -0.2) is 4.75 Å². The molecule has 1 heterocycles. The number of hydrogen-bond donors (Lipinski definition) is 0. The van der Waals surface area contributed by atoms with Crippen LogP contribution < -0.4 is 0 Å². The van der Waals surface area contributed by atoms with Gasteiger partial charge in [0.1, 0.15) is 0 Å². The predicted octanol–water partition coefficient (Wildman–Crippen LogP) is 3.44. The second-order valence-electron chi connectivity index (χ2n) is 4.21. The van der Waals surface area contributed by atoms with E-state index in [4.69, 9.17) is 0 Å². The Kier molecular flexibility index (Phi) is 1.67. The van der Waals surface area contributed by atoms with Crippen molar-refractivity contribution in [2.75, 3.05) is 0 Å². The van der Waals surface area contributed by atoms with Gasteiger partial charge in [0.05, 0.1) is 0 Å². The summed E-state index contributed by atoms with van der Waals surface area (Å²) in [7, 11) is 0. The van der Waals surface area contributed by atoms with E-state index in [1.165, 1.54) is 11.3 Å². The van der Waals surface area contributed by atoms with Crippen LogP contribution in [0.1, 0.15) is 34.1 Å². The highest BCUT2D eigenvalue weighted by atomic mass is 32.2. The van der Waals surface area contributed by atoms with Crippen molar-refractivity contribution in [3.8, 4) is 0 Å². The van der Waals surface area contributed by atoms with Crippen LogP contribution in [0.4, 0.5) is 0 Å². The van der Waals surface area contributed by atoms with Crippen LogP contribution in [0.15, 0.2) is 11.5 Å². The lowest BCUT2D eigenvalue weighted by atomic mass is 9.78. The molecule has 1 aliphatic rings. The van der Waals surface area contributed by atoms with E-state index in [9.17, 15) is 0 Å². The van der Waals surface area contributed by atoms with Gasteiger partial charge < -0.3 is 0 Å². The Balaban J connectivity index is 2.88. The van der Waals surface area contributed by atoms with Crippen molar-refractivity contribution in [3.63, 3.8) is 0 Å². The van der Waals surface area contributed by atoms with Gasteiger partial charge in [0.25, 0.3) is 0 Å². The molecule has 0 amide bonds. The minimum absolute atomic E-state index is 0.379. The second kappa shape index (κ2) is 2.04. The van der Waals surface area contributed by atoms with Crippen LogP contribution in [0, 0.1) is 5.41 Å². The fourth-order valence-corrected chi connectivity index (χ4v) is 2.74. The Hall–Kier alpha value is 0.0900. The zero-order chi connectivity index (χ0) is 7.99. The number of hydrogen-bond acceptors (Lipinski definition) is 1. The molecule has 0 spiro atoms. The standard InChI is InChI=1S/C9H16S/c1-7-6-8(2,3)9(4,5)10-7/h1,6H2,2-5H3. The number of allylic oxidation sites excluding steroid dienone is 1. The highest BCUT2D eigenvalue weighted by Crippen LogP contribution is 2.56. The van der Waals surface area contributed by atoms with Crippen molar-refractivity contribution in [3.05, 3.63) is 11.5 Å². The van der Waals surface area contributed by atoms with Gasteiger partial charge in [0.15, 0.2) is 0 Å². The zero-order valence-corrected chi connectivity index (χ0v) is 8.14. The van der Waals surface area contributed by atoms with E-state index < -0.39 is 0 Å². The molecule has 0 N–H and O–H groups in total. The van der Waals surface area contributed by atoms with E-state index in [0.717, 1.165) is 0 Å². The van der Waals surface area contributed by atoms with Crippen LogP contribution in [0.25, 0.3) is 0 Å². The highest BCUT2D eigenvalue weighted by molar-refractivity contribution is 8.04. The van der Waals surface area contributed by atoms with E-state index in [2.05, 4.69) is 34.3 Å². The first-order valence-corrected chi connectivity index (χ1v) is 4.54. The van der Waals surface area contributed by atoms with Gasteiger partial charge in [-0.25, -0.2) is 0 Å². The van der Waals surface area contributed by atoms with Crippen molar-refractivity contribution in [2.24, 2.45) is 5.41 Å². The molecule has 1 saturated heterocycles. The molecule has 0 aromatic rings. The molecule has 0 saturated carbocycles. The number of thioether (sulfide) groups is 1. The van der Waals surface area contributed by atoms with Crippen molar-refractivity contribution < 1.29 is 0 Å². The summed E-state index contributed by atoms with van der Waals surface area (Å²) in [5.74, 6) is 0. The van der Waals surface area contributed by atoms with Gasteiger partial charge in [-0.05, 0) is 30.6 Å². The Morgan fingerprint density at radius 3 is 1.90 bits per heavy atom. The molecule has 0 radical (unpaired) electrons. The van der Waals surface area contributed by atoms with Crippen molar-refractivity contribution >= 4 is 11.8 Å². The molecular formula is C9H16S. The highest BCUT2D eigenvalue weighted by Gasteiger charge is 2.43. The minimum atomic E-state index is 0.379. The Labute approximate surface area is 68.1 Å². The molecule has 10 heavy (non-hydrogen) atoms. The lowest BCUT2D eigenvalue weighted by molar-refractivity contribution is 0.301. The quantitative estimate of drug-likeness (QED) is 0.517. The van der Waals surface area contributed by atoms with E-state index >= 15 is 0 Å². The van der Waals surface area contributed by atoms with Crippen LogP contribution in [0.5, 0.6) is 0 Å². The molecule has 0 aromatic carbocycles. The first-order valence-electron chi connectivity index (χ1n) is 3.72. The van der Waals surface area contributed by atoms with Crippen LogP contribution in [0.2, 0.25) is 0 Å². The summed E-state index contributed by atoms with van der Waals surface area (Å²) in [5.41, 5.74) is 0.425. The maximum absolute atomic E-state index is 4.01. The van der Waals surface area contributed by atoms with Gasteiger partial charge in [-0.3, -0.25) is 0 Å². The molecule has 0 bridgehead atoms. The third-order valence-electron chi connectivity index (χ3n) is 2.67.